The first-order valence-corrected chi connectivity index (χ1v) is 7.61. The van der Waals surface area contributed by atoms with Crippen molar-refractivity contribution in [2.75, 3.05) is 11.9 Å². The molecule has 1 heterocycles. The van der Waals surface area contributed by atoms with Gasteiger partial charge in [-0.15, -0.1) is 0 Å². The zero-order valence-electron chi connectivity index (χ0n) is 10.7. The minimum Gasteiger partial charge on any atom is -0.497 e. The van der Waals surface area contributed by atoms with Gasteiger partial charge in [-0.05, 0) is 12.5 Å². The maximum Gasteiger partial charge on any atom is 0.108 e. The number of hydrogen-bond acceptors (Lipinski definition) is 2. The molecule has 1 aliphatic heterocycles. The Morgan fingerprint density at radius 3 is 3.06 bits per heavy atom. The quantitative estimate of drug-likeness (QED) is 0.527. The van der Waals surface area contributed by atoms with Gasteiger partial charge in [-0.2, -0.15) is 0 Å². The summed E-state index contributed by atoms with van der Waals surface area (Å²) in [5, 5.41) is 0.878. The lowest BCUT2D eigenvalue weighted by atomic mass is 9.93. The number of ether oxygens (including phenoxy) is 2. The first-order chi connectivity index (χ1) is 8.85. The molecule has 0 bridgehead atoms. The Kier molecular flexibility index (Phi) is 5.12. The molecule has 0 fully saturated rings. The van der Waals surface area contributed by atoms with Gasteiger partial charge in [0.2, 0.25) is 0 Å². The van der Waals surface area contributed by atoms with Crippen molar-refractivity contribution >= 4 is 15.9 Å². The summed E-state index contributed by atoms with van der Waals surface area (Å²) < 4.78 is 11.2. The molecule has 0 saturated carbocycles. The van der Waals surface area contributed by atoms with E-state index in [9.17, 15) is 0 Å². The highest BCUT2D eigenvalue weighted by atomic mass is 79.9. The monoisotopic (exact) mass is 310 g/mol. The van der Waals surface area contributed by atoms with Crippen molar-refractivity contribution in [1.82, 2.24) is 0 Å². The largest absolute Gasteiger partial charge is 0.497 e. The first kappa shape index (κ1) is 13.5. The lowest BCUT2D eigenvalue weighted by Crippen LogP contribution is -2.08. The molecule has 2 nitrogen and oxygen atoms in total. The van der Waals surface area contributed by atoms with Crippen molar-refractivity contribution in [2.24, 2.45) is 0 Å². The van der Waals surface area contributed by atoms with Crippen LogP contribution in [-0.2, 0) is 9.47 Å². The summed E-state index contributed by atoms with van der Waals surface area (Å²) in [6.07, 6.45) is 12.1. The second-order valence-corrected chi connectivity index (χ2v) is 5.08. The van der Waals surface area contributed by atoms with Crippen molar-refractivity contribution in [3.05, 3.63) is 47.2 Å². The Balaban J connectivity index is 2.05. The fourth-order valence-electron chi connectivity index (χ4n) is 2.08. The van der Waals surface area contributed by atoms with Crippen molar-refractivity contribution in [1.29, 1.82) is 0 Å². The zero-order valence-corrected chi connectivity index (χ0v) is 12.3. The zero-order chi connectivity index (χ0) is 12.8. The van der Waals surface area contributed by atoms with Crippen LogP contribution in [0.4, 0.5) is 0 Å². The summed E-state index contributed by atoms with van der Waals surface area (Å²) in [6, 6.07) is 0. The Morgan fingerprint density at radius 2 is 2.28 bits per heavy atom. The van der Waals surface area contributed by atoms with Gasteiger partial charge in [-0.25, -0.2) is 0 Å². The van der Waals surface area contributed by atoms with Crippen LogP contribution in [0.1, 0.15) is 32.6 Å². The SMILES string of the molecule is CCCCCOC1=C2C=COC=C2C=C(CBr)C1. The van der Waals surface area contributed by atoms with Gasteiger partial charge in [0.15, 0.2) is 0 Å². The van der Waals surface area contributed by atoms with E-state index >= 15 is 0 Å². The third kappa shape index (κ3) is 3.29. The van der Waals surface area contributed by atoms with E-state index in [1.54, 1.807) is 12.5 Å². The molecule has 0 unspecified atom stereocenters. The molecule has 0 aromatic rings. The van der Waals surface area contributed by atoms with Crippen LogP contribution < -0.4 is 0 Å². The summed E-state index contributed by atoms with van der Waals surface area (Å²) in [5.41, 5.74) is 3.61. The molecule has 2 aliphatic rings. The van der Waals surface area contributed by atoms with E-state index in [2.05, 4.69) is 28.9 Å². The molecule has 18 heavy (non-hydrogen) atoms. The first-order valence-electron chi connectivity index (χ1n) is 6.49. The van der Waals surface area contributed by atoms with Gasteiger partial charge in [0.1, 0.15) is 5.76 Å². The van der Waals surface area contributed by atoms with Crippen molar-refractivity contribution < 1.29 is 9.47 Å². The molecule has 0 amide bonds. The molecule has 0 radical (unpaired) electrons. The third-order valence-electron chi connectivity index (χ3n) is 3.06. The van der Waals surface area contributed by atoms with Crippen molar-refractivity contribution in [3.8, 4) is 0 Å². The number of fused-ring (bicyclic) bond motifs is 1. The molecule has 0 saturated heterocycles. The van der Waals surface area contributed by atoms with Crippen LogP contribution in [0.5, 0.6) is 0 Å². The highest BCUT2D eigenvalue weighted by molar-refractivity contribution is 9.09. The molecule has 0 N–H and O–H groups in total. The normalized spacial score (nSPS) is 17.9. The number of allylic oxidation sites excluding steroid dienone is 5. The lowest BCUT2D eigenvalue weighted by molar-refractivity contribution is 0.197. The van der Waals surface area contributed by atoms with Crippen LogP contribution in [0.2, 0.25) is 0 Å². The number of halogens is 1. The van der Waals surface area contributed by atoms with Gasteiger partial charge in [-0.3, -0.25) is 0 Å². The third-order valence-corrected chi connectivity index (χ3v) is 3.78. The van der Waals surface area contributed by atoms with Gasteiger partial charge >= 0.3 is 0 Å². The van der Waals surface area contributed by atoms with Gasteiger partial charge < -0.3 is 9.47 Å². The Morgan fingerprint density at radius 1 is 1.39 bits per heavy atom. The van der Waals surface area contributed by atoms with E-state index < -0.39 is 0 Å². The molecular formula is C15H19BrO2. The summed E-state index contributed by atoms with van der Waals surface area (Å²) >= 11 is 3.52. The average Bonchev–Trinajstić information content (AvgIpc) is 2.43. The standard InChI is InChI=1S/C15H19BrO2/c1-2-3-4-6-18-15-9-12(10-16)8-13-11-17-7-5-14(13)15/h5,7-8,11H,2-4,6,9-10H2,1H3. The summed E-state index contributed by atoms with van der Waals surface area (Å²) in [5.74, 6) is 1.08. The average molecular weight is 311 g/mol. The highest BCUT2D eigenvalue weighted by Gasteiger charge is 2.19. The molecule has 3 heteroatoms. The van der Waals surface area contributed by atoms with E-state index in [-0.39, 0.29) is 0 Å². The van der Waals surface area contributed by atoms with E-state index in [1.807, 2.05) is 6.08 Å². The topological polar surface area (TPSA) is 18.5 Å². The molecule has 1 aliphatic carbocycles. The van der Waals surface area contributed by atoms with Gasteiger partial charge in [0.25, 0.3) is 0 Å². The Hall–Kier alpha value is -0.960. The molecular weight excluding hydrogens is 292 g/mol. The van der Waals surface area contributed by atoms with Crippen LogP contribution >= 0.6 is 15.9 Å². The lowest BCUT2D eigenvalue weighted by Gasteiger charge is -2.22. The van der Waals surface area contributed by atoms with Crippen LogP contribution in [0.25, 0.3) is 0 Å². The van der Waals surface area contributed by atoms with Gasteiger partial charge in [0, 0.05) is 22.9 Å². The molecule has 0 atom stereocenters. The van der Waals surface area contributed by atoms with Crippen LogP contribution in [0.3, 0.4) is 0 Å². The predicted molar refractivity (Wildman–Crippen MR) is 77.3 cm³/mol. The number of hydrogen-bond donors (Lipinski definition) is 0. The van der Waals surface area contributed by atoms with Gasteiger partial charge in [0.05, 0.1) is 19.1 Å². The van der Waals surface area contributed by atoms with Crippen LogP contribution in [-0.4, -0.2) is 11.9 Å². The Labute approximate surface area is 117 Å². The highest BCUT2D eigenvalue weighted by Crippen LogP contribution is 2.33. The number of alkyl halides is 1. The summed E-state index contributed by atoms with van der Waals surface area (Å²) in [4.78, 5) is 0. The van der Waals surface area contributed by atoms with Gasteiger partial charge in [-0.1, -0.05) is 47.3 Å². The van der Waals surface area contributed by atoms with E-state index in [0.29, 0.717) is 0 Å². The maximum atomic E-state index is 5.96. The van der Waals surface area contributed by atoms with E-state index in [0.717, 1.165) is 36.1 Å². The Bertz CT molecular complexity index is 416. The minimum atomic E-state index is 0.810. The number of unbranched alkanes of at least 4 members (excludes halogenated alkanes) is 2. The van der Waals surface area contributed by atoms with E-state index in [1.165, 1.54) is 24.0 Å². The molecule has 0 spiro atoms. The smallest absolute Gasteiger partial charge is 0.108 e. The van der Waals surface area contributed by atoms with Crippen LogP contribution in [0.15, 0.2) is 47.2 Å². The summed E-state index contributed by atoms with van der Waals surface area (Å²) in [7, 11) is 0. The minimum absolute atomic E-state index is 0.810. The molecule has 98 valence electrons. The van der Waals surface area contributed by atoms with E-state index in [4.69, 9.17) is 9.47 Å². The molecule has 0 aromatic heterocycles. The fourth-order valence-corrected chi connectivity index (χ4v) is 2.44. The predicted octanol–water partition coefficient (Wildman–Crippen LogP) is 4.60. The maximum absolute atomic E-state index is 5.96. The second-order valence-electron chi connectivity index (χ2n) is 4.52. The van der Waals surface area contributed by atoms with Crippen LogP contribution in [0, 0.1) is 0 Å². The van der Waals surface area contributed by atoms with Crippen molar-refractivity contribution in [2.45, 2.75) is 32.6 Å². The fraction of sp³-hybridized carbons (Fsp3) is 0.467. The molecule has 0 aromatic carbocycles. The summed E-state index contributed by atoms with van der Waals surface area (Å²) in [6.45, 7) is 3.01. The van der Waals surface area contributed by atoms with Crippen molar-refractivity contribution in [3.63, 3.8) is 0 Å². The second kappa shape index (κ2) is 6.83. The molecule has 2 rings (SSSR count). The number of rotatable bonds is 6.